The van der Waals surface area contributed by atoms with Gasteiger partial charge in [0.25, 0.3) is 0 Å². The van der Waals surface area contributed by atoms with Crippen LogP contribution in [0.3, 0.4) is 0 Å². The van der Waals surface area contributed by atoms with Crippen molar-refractivity contribution >= 4 is 22.5 Å². The van der Waals surface area contributed by atoms with Crippen LogP contribution in [0.5, 0.6) is 11.5 Å². The van der Waals surface area contributed by atoms with Crippen LogP contribution in [-0.4, -0.2) is 24.4 Å². The summed E-state index contributed by atoms with van der Waals surface area (Å²) >= 11 is 6.16. The number of halogens is 1. The van der Waals surface area contributed by atoms with Gasteiger partial charge in [-0.3, -0.25) is 5.10 Å². The molecule has 2 aromatic carbocycles. The maximum Gasteiger partial charge on any atom is 0.132 e. The van der Waals surface area contributed by atoms with E-state index in [2.05, 4.69) is 10.2 Å². The van der Waals surface area contributed by atoms with Crippen LogP contribution in [0.15, 0.2) is 36.4 Å². The van der Waals surface area contributed by atoms with Crippen molar-refractivity contribution < 1.29 is 9.47 Å². The standard InChI is InChI=1S/C15H13ClN2O2/c1-19-9-6-7-10(13(8-9)20-2)14-11-4-3-5-12(16)15(11)18-17-14/h3-8H,1-2H3,(H,17,18). The lowest BCUT2D eigenvalue weighted by Crippen LogP contribution is -1.91. The molecule has 3 rings (SSSR count). The topological polar surface area (TPSA) is 47.1 Å². The van der Waals surface area contributed by atoms with E-state index < -0.39 is 0 Å². The molecule has 0 fully saturated rings. The van der Waals surface area contributed by atoms with Crippen LogP contribution in [0.2, 0.25) is 5.02 Å². The highest BCUT2D eigenvalue weighted by molar-refractivity contribution is 6.35. The number of methoxy groups -OCH3 is 2. The smallest absolute Gasteiger partial charge is 0.132 e. The predicted molar refractivity (Wildman–Crippen MR) is 79.6 cm³/mol. The van der Waals surface area contributed by atoms with Gasteiger partial charge in [0.1, 0.15) is 17.2 Å². The van der Waals surface area contributed by atoms with E-state index in [0.29, 0.717) is 10.8 Å². The lowest BCUT2D eigenvalue weighted by atomic mass is 10.1. The molecular formula is C15H13ClN2O2. The van der Waals surface area contributed by atoms with Crippen LogP contribution in [-0.2, 0) is 0 Å². The zero-order chi connectivity index (χ0) is 14.1. The Morgan fingerprint density at radius 2 is 1.95 bits per heavy atom. The van der Waals surface area contributed by atoms with Crippen molar-refractivity contribution in [1.29, 1.82) is 0 Å². The Morgan fingerprint density at radius 1 is 1.10 bits per heavy atom. The number of H-pyrrole nitrogens is 1. The molecule has 102 valence electrons. The predicted octanol–water partition coefficient (Wildman–Crippen LogP) is 3.90. The second kappa shape index (κ2) is 5.06. The minimum absolute atomic E-state index is 0.647. The summed E-state index contributed by atoms with van der Waals surface area (Å²) in [7, 11) is 3.25. The molecular weight excluding hydrogens is 276 g/mol. The van der Waals surface area contributed by atoms with Crippen LogP contribution in [0.1, 0.15) is 0 Å². The fourth-order valence-electron chi connectivity index (χ4n) is 2.21. The van der Waals surface area contributed by atoms with Crippen LogP contribution in [0.4, 0.5) is 0 Å². The molecule has 0 aliphatic carbocycles. The van der Waals surface area contributed by atoms with Gasteiger partial charge in [0.2, 0.25) is 0 Å². The van der Waals surface area contributed by atoms with Gasteiger partial charge in [0.05, 0.1) is 24.8 Å². The Kier molecular flexibility index (Phi) is 3.24. The van der Waals surface area contributed by atoms with Gasteiger partial charge in [0.15, 0.2) is 0 Å². The molecule has 0 aliphatic rings. The largest absolute Gasteiger partial charge is 0.497 e. The molecule has 0 spiro atoms. The Morgan fingerprint density at radius 3 is 2.70 bits per heavy atom. The molecule has 0 radical (unpaired) electrons. The first-order chi connectivity index (χ1) is 9.74. The van der Waals surface area contributed by atoms with Gasteiger partial charge in [0, 0.05) is 17.0 Å². The number of hydrogen-bond donors (Lipinski definition) is 1. The maximum atomic E-state index is 6.16. The number of fused-ring (bicyclic) bond motifs is 1. The molecule has 1 aromatic heterocycles. The number of hydrogen-bond acceptors (Lipinski definition) is 3. The van der Waals surface area contributed by atoms with Gasteiger partial charge >= 0.3 is 0 Å². The van der Waals surface area contributed by atoms with E-state index in [1.165, 1.54) is 0 Å². The van der Waals surface area contributed by atoms with Crippen molar-refractivity contribution in [1.82, 2.24) is 10.2 Å². The van der Waals surface area contributed by atoms with E-state index in [1.807, 2.05) is 36.4 Å². The molecule has 3 aromatic rings. The Balaban J connectivity index is 2.23. The third-order valence-corrected chi connectivity index (χ3v) is 3.53. The molecule has 0 aliphatic heterocycles. The summed E-state index contributed by atoms with van der Waals surface area (Å²) in [5, 5.41) is 8.93. The second-order valence-electron chi connectivity index (χ2n) is 4.30. The number of benzene rings is 2. The highest BCUT2D eigenvalue weighted by Crippen LogP contribution is 2.37. The first-order valence-corrected chi connectivity index (χ1v) is 6.47. The Labute approximate surface area is 121 Å². The van der Waals surface area contributed by atoms with E-state index >= 15 is 0 Å². The van der Waals surface area contributed by atoms with Gasteiger partial charge in [-0.15, -0.1) is 0 Å². The Bertz CT molecular complexity index is 768. The zero-order valence-electron chi connectivity index (χ0n) is 11.1. The minimum Gasteiger partial charge on any atom is -0.497 e. The summed E-state index contributed by atoms with van der Waals surface area (Å²) in [6.07, 6.45) is 0. The van der Waals surface area contributed by atoms with Crippen molar-refractivity contribution in [2.24, 2.45) is 0 Å². The zero-order valence-corrected chi connectivity index (χ0v) is 11.9. The van der Waals surface area contributed by atoms with Crippen LogP contribution in [0, 0.1) is 0 Å². The van der Waals surface area contributed by atoms with Gasteiger partial charge in [-0.25, -0.2) is 0 Å². The Hall–Kier alpha value is -2.20. The molecule has 5 heteroatoms. The SMILES string of the molecule is COc1ccc(-c2n[nH]c3c(Cl)cccc23)c(OC)c1. The second-order valence-corrected chi connectivity index (χ2v) is 4.71. The van der Waals surface area contributed by atoms with Crippen LogP contribution < -0.4 is 9.47 Å². The monoisotopic (exact) mass is 288 g/mol. The first kappa shape index (κ1) is 12.8. The van der Waals surface area contributed by atoms with E-state index in [4.69, 9.17) is 21.1 Å². The first-order valence-electron chi connectivity index (χ1n) is 6.09. The number of nitrogens with one attached hydrogen (secondary N) is 1. The highest BCUT2D eigenvalue weighted by Gasteiger charge is 2.14. The summed E-state index contributed by atoms with van der Waals surface area (Å²) in [5.41, 5.74) is 2.52. The third kappa shape index (κ3) is 1.98. The molecule has 0 atom stereocenters. The maximum absolute atomic E-state index is 6.16. The number of rotatable bonds is 3. The fourth-order valence-corrected chi connectivity index (χ4v) is 2.42. The minimum atomic E-state index is 0.647. The summed E-state index contributed by atoms with van der Waals surface area (Å²) in [4.78, 5) is 0. The number of ether oxygens (including phenoxy) is 2. The van der Waals surface area contributed by atoms with Gasteiger partial charge in [-0.2, -0.15) is 5.10 Å². The summed E-state index contributed by atoms with van der Waals surface area (Å²) in [5.74, 6) is 1.45. The van der Waals surface area contributed by atoms with Crippen molar-refractivity contribution in [3.63, 3.8) is 0 Å². The van der Waals surface area contributed by atoms with E-state index in [1.54, 1.807) is 14.2 Å². The summed E-state index contributed by atoms with van der Waals surface area (Å²) in [6.45, 7) is 0. The molecule has 4 nitrogen and oxygen atoms in total. The summed E-state index contributed by atoms with van der Waals surface area (Å²) < 4.78 is 10.6. The molecule has 0 bridgehead atoms. The van der Waals surface area contributed by atoms with Gasteiger partial charge in [-0.05, 0) is 18.2 Å². The lowest BCUT2D eigenvalue weighted by Gasteiger charge is -2.08. The summed E-state index contributed by atoms with van der Waals surface area (Å²) in [6, 6.07) is 11.3. The fraction of sp³-hybridized carbons (Fsp3) is 0.133. The van der Waals surface area contributed by atoms with Crippen molar-refractivity contribution in [3.8, 4) is 22.8 Å². The molecule has 0 amide bonds. The molecule has 0 saturated carbocycles. The number of aromatic amines is 1. The van der Waals surface area contributed by atoms with E-state index in [0.717, 1.165) is 27.9 Å². The third-order valence-electron chi connectivity index (χ3n) is 3.21. The van der Waals surface area contributed by atoms with E-state index in [-0.39, 0.29) is 0 Å². The lowest BCUT2D eigenvalue weighted by molar-refractivity contribution is 0.395. The molecule has 0 unspecified atom stereocenters. The molecule has 1 heterocycles. The highest BCUT2D eigenvalue weighted by atomic mass is 35.5. The quantitative estimate of drug-likeness (QED) is 0.795. The average Bonchev–Trinajstić information content (AvgIpc) is 2.91. The van der Waals surface area contributed by atoms with Crippen LogP contribution >= 0.6 is 11.6 Å². The normalized spacial score (nSPS) is 10.8. The van der Waals surface area contributed by atoms with Crippen molar-refractivity contribution in [2.45, 2.75) is 0 Å². The molecule has 0 saturated heterocycles. The molecule has 20 heavy (non-hydrogen) atoms. The average molecular weight is 289 g/mol. The van der Waals surface area contributed by atoms with Crippen molar-refractivity contribution in [2.75, 3.05) is 14.2 Å². The van der Waals surface area contributed by atoms with E-state index in [9.17, 15) is 0 Å². The van der Waals surface area contributed by atoms with Crippen LogP contribution in [0.25, 0.3) is 22.2 Å². The number of aromatic nitrogens is 2. The van der Waals surface area contributed by atoms with Crippen molar-refractivity contribution in [3.05, 3.63) is 41.4 Å². The number of nitrogens with zero attached hydrogens (tertiary/aromatic N) is 1. The molecule has 1 N–H and O–H groups in total. The van der Waals surface area contributed by atoms with Gasteiger partial charge < -0.3 is 9.47 Å². The number of para-hydroxylation sites is 1. The van der Waals surface area contributed by atoms with Gasteiger partial charge in [-0.1, -0.05) is 23.7 Å².